The van der Waals surface area contributed by atoms with E-state index in [0.717, 1.165) is 32.0 Å². The Labute approximate surface area is 114 Å². The standard InChI is InChI=1S/C13H13F2N5/c14-9-5-3-4-8(10(9)15)11-17-12(16)19-13(18-11)20-6-1-2-7-20/h3-5H,1-2,6-7H2,(H2,16,17,18,19). The van der Waals surface area contributed by atoms with Gasteiger partial charge in [-0.15, -0.1) is 0 Å². The predicted octanol–water partition coefficient (Wildman–Crippen LogP) is 2.00. The van der Waals surface area contributed by atoms with Crippen LogP contribution < -0.4 is 10.6 Å². The average molecular weight is 277 g/mol. The minimum atomic E-state index is -0.981. The van der Waals surface area contributed by atoms with Crippen LogP contribution >= 0.6 is 0 Å². The highest BCUT2D eigenvalue weighted by Gasteiger charge is 2.19. The summed E-state index contributed by atoms with van der Waals surface area (Å²) in [7, 11) is 0. The Bertz CT molecular complexity index is 641. The number of hydrogen-bond donors (Lipinski definition) is 1. The van der Waals surface area contributed by atoms with E-state index in [9.17, 15) is 8.78 Å². The molecule has 0 radical (unpaired) electrons. The normalized spacial score (nSPS) is 14.8. The summed E-state index contributed by atoms with van der Waals surface area (Å²) in [5, 5.41) is 0. The Morgan fingerprint density at radius 3 is 2.55 bits per heavy atom. The van der Waals surface area contributed by atoms with Gasteiger partial charge in [0.15, 0.2) is 17.5 Å². The minimum Gasteiger partial charge on any atom is -0.368 e. The number of anilines is 2. The highest BCUT2D eigenvalue weighted by atomic mass is 19.2. The average Bonchev–Trinajstić information content (AvgIpc) is 2.95. The second-order valence-corrected chi connectivity index (χ2v) is 4.61. The summed E-state index contributed by atoms with van der Waals surface area (Å²) in [5.74, 6) is -1.46. The lowest BCUT2D eigenvalue weighted by Gasteiger charge is -2.15. The topological polar surface area (TPSA) is 67.9 Å². The lowest BCUT2D eigenvalue weighted by molar-refractivity contribution is 0.510. The largest absolute Gasteiger partial charge is 0.368 e. The van der Waals surface area contributed by atoms with Gasteiger partial charge < -0.3 is 10.6 Å². The molecule has 5 nitrogen and oxygen atoms in total. The van der Waals surface area contributed by atoms with Gasteiger partial charge in [-0.05, 0) is 25.0 Å². The van der Waals surface area contributed by atoms with Crippen molar-refractivity contribution in [1.82, 2.24) is 15.0 Å². The van der Waals surface area contributed by atoms with Crippen molar-refractivity contribution < 1.29 is 8.78 Å². The molecule has 0 aliphatic carbocycles. The molecule has 0 spiro atoms. The van der Waals surface area contributed by atoms with Gasteiger partial charge in [-0.25, -0.2) is 8.78 Å². The molecule has 7 heteroatoms. The summed E-state index contributed by atoms with van der Waals surface area (Å²) in [6.07, 6.45) is 2.10. The molecular formula is C13H13F2N5. The zero-order valence-corrected chi connectivity index (χ0v) is 10.7. The summed E-state index contributed by atoms with van der Waals surface area (Å²) in [5.41, 5.74) is 5.63. The molecular weight excluding hydrogens is 264 g/mol. The van der Waals surface area contributed by atoms with Gasteiger partial charge in [0.05, 0.1) is 5.56 Å². The van der Waals surface area contributed by atoms with Crippen LogP contribution in [0.2, 0.25) is 0 Å². The van der Waals surface area contributed by atoms with E-state index in [2.05, 4.69) is 15.0 Å². The first-order valence-corrected chi connectivity index (χ1v) is 6.36. The first kappa shape index (κ1) is 12.7. The van der Waals surface area contributed by atoms with Crippen LogP contribution in [0.4, 0.5) is 20.7 Å². The maximum atomic E-state index is 13.8. The number of nitrogens with two attached hydrogens (primary N) is 1. The quantitative estimate of drug-likeness (QED) is 0.909. The Kier molecular flexibility index (Phi) is 3.17. The first-order chi connectivity index (χ1) is 9.65. The highest BCUT2D eigenvalue weighted by Crippen LogP contribution is 2.24. The number of halogens is 2. The lowest BCUT2D eigenvalue weighted by atomic mass is 10.2. The molecule has 1 aliphatic heterocycles. The fraction of sp³-hybridized carbons (Fsp3) is 0.308. The summed E-state index contributed by atoms with van der Waals surface area (Å²) in [6.45, 7) is 1.66. The van der Waals surface area contributed by atoms with E-state index in [-0.39, 0.29) is 17.3 Å². The number of nitrogen functional groups attached to an aromatic ring is 1. The van der Waals surface area contributed by atoms with Crippen molar-refractivity contribution in [2.45, 2.75) is 12.8 Å². The number of nitrogens with zero attached hydrogens (tertiary/aromatic N) is 4. The fourth-order valence-electron chi connectivity index (χ4n) is 2.24. The summed E-state index contributed by atoms with van der Waals surface area (Å²) in [6, 6.07) is 3.87. The molecule has 0 unspecified atom stereocenters. The van der Waals surface area contributed by atoms with Crippen molar-refractivity contribution in [1.29, 1.82) is 0 Å². The van der Waals surface area contributed by atoms with E-state index in [0.29, 0.717) is 5.95 Å². The fourth-order valence-corrected chi connectivity index (χ4v) is 2.24. The van der Waals surface area contributed by atoms with E-state index >= 15 is 0 Å². The smallest absolute Gasteiger partial charge is 0.230 e. The predicted molar refractivity (Wildman–Crippen MR) is 71.0 cm³/mol. The Morgan fingerprint density at radius 1 is 1.05 bits per heavy atom. The Balaban J connectivity index is 2.07. The SMILES string of the molecule is Nc1nc(-c2cccc(F)c2F)nc(N2CCCC2)n1. The molecule has 1 aromatic heterocycles. The molecule has 20 heavy (non-hydrogen) atoms. The third-order valence-electron chi connectivity index (χ3n) is 3.22. The van der Waals surface area contributed by atoms with Gasteiger partial charge in [0.2, 0.25) is 11.9 Å². The molecule has 1 aromatic carbocycles. The van der Waals surface area contributed by atoms with E-state index in [1.54, 1.807) is 0 Å². The van der Waals surface area contributed by atoms with Gasteiger partial charge in [0.1, 0.15) is 0 Å². The van der Waals surface area contributed by atoms with Crippen molar-refractivity contribution in [2.75, 3.05) is 23.7 Å². The summed E-state index contributed by atoms with van der Waals surface area (Å²) in [4.78, 5) is 14.1. The highest BCUT2D eigenvalue weighted by molar-refractivity contribution is 5.58. The van der Waals surface area contributed by atoms with Gasteiger partial charge in [0.25, 0.3) is 0 Å². The molecule has 0 amide bonds. The molecule has 1 saturated heterocycles. The Hall–Kier alpha value is -2.31. The third-order valence-corrected chi connectivity index (χ3v) is 3.22. The third kappa shape index (κ3) is 2.26. The van der Waals surface area contributed by atoms with Crippen LogP contribution in [0.15, 0.2) is 18.2 Å². The van der Waals surface area contributed by atoms with Gasteiger partial charge >= 0.3 is 0 Å². The monoisotopic (exact) mass is 277 g/mol. The molecule has 2 heterocycles. The van der Waals surface area contributed by atoms with Crippen molar-refractivity contribution in [2.24, 2.45) is 0 Å². The maximum absolute atomic E-state index is 13.8. The lowest BCUT2D eigenvalue weighted by Crippen LogP contribution is -2.21. The number of rotatable bonds is 2. The number of hydrogen-bond acceptors (Lipinski definition) is 5. The minimum absolute atomic E-state index is 0.000520. The van der Waals surface area contributed by atoms with Crippen molar-refractivity contribution in [3.05, 3.63) is 29.8 Å². The number of aromatic nitrogens is 3. The van der Waals surface area contributed by atoms with Crippen LogP contribution in [0, 0.1) is 11.6 Å². The molecule has 1 fully saturated rings. The van der Waals surface area contributed by atoms with Crippen molar-refractivity contribution >= 4 is 11.9 Å². The molecule has 1 aliphatic rings. The van der Waals surface area contributed by atoms with Crippen LogP contribution in [0.1, 0.15) is 12.8 Å². The van der Waals surface area contributed by atoms with Gasteiger partial charge in [-0.3, -0.25) is 0 Å². The van der Waals surface area contributed by atoms with Gasteiger partial charge in [0, 0.05) is 13.1 Å². The summed E-state index contributed by atoms with van der Waals surface area (Å²) >= 11 is 0. The second-order valence-electron chi connectivity index (χ2n) is 4.61. The Morgan fingerprint density at radius 2 is 1.80 bits per heavy atom. The van der Waals surface area contributed by atoms with E-state index in [1.807, 2.05) is 4.90 Å². The van der Waals surface area contributed by atoms with E-state index in [1.165, 1.54) is 12.1 Å². The zero-order valence-electron chi connectivity index (χ0n) is 10.7. The van der Waals surface area contributed by atoms with Crippen LogP contribution in [0.5, 0.6) is 0 Å². The molecule has 104 valence electrons. The van der Waals surface area contributed by atoms with Crippen LogP contribution in [0.25, 0.3) is 11.4 Å². The number of benzene rings is 1. The molecule has 2 N–H and O–H groups in total. The van der Waals surface area contributed by atoms with Crippen molar-refractivity contribution in [3.63, 3.8) is 0 Å². The maximum Gasteiger partial charge on any atom is 0.230 e. The van der Waals surface area contributed by atoms with Crippen LogP contribution in [0.3, 0.4) is 0 Å². The van der Waals surface area contributed by atoms with E-state index in [4.69, 9.17) is 5.73 Å². The van der Waals surface area contributed by atoms with E-state index < -0.39 is 11.6 Å². The zero-order chi connectivity index (χ0) is 14.1. The molecule has 0 atom stereocenters. The molecule has 0 bridgehead atoms. The molecule has 0 saturated carbocycles. The van der Waals surface area contributed by atoms with Crippen LogP contribution in [-0.4, -0.2) is 28.0 Å². The summed E-state index contributed by atoms with van der Waals surface area (Å²) < 4.78 is 27.1. The van der Waals surface area contributed by atoms with Gasteiger partial charge in [-0.2, -0.15) is 15.0 Å². The molecule has 3 rings (SSSR count). The van der Waals surface area contributed by atoms with Crippen LogP contribution in [-0.2, 0) is 0 Å². The van der Waals surface area contributed by atoms with Crippen molar-refractivity contribution in [3.8, 4) is 11.4 Å². The molecule has 2 aromatic rings. The second kappa shape index (κ2) is 4.99. The first-order valence-electron chi connectivity index (χ1n) is 6.36. The van der Waals surface area contributed by atoms with Gasteiger partial charge in [-0.1, -0.05) is 6.07 Å².